The Labute approximate surface area is 333 Å². The summed E-state index contributed by atoms with van der Waals surface area (Å²) in [6.45, 7) is 6.26. The van der Waals surface area contributed by atoms with E-state index in [4.69, 9.17) is 14.2 Å². The minimum Gasteiger partial charge on any atom is -0.508 e. The second-order valence-electron chi connectivity index (χ2n) is 15.8. The summed E-state index contributed by atoms with van der Waals surface area (Å²) >= 11 is 0. The number of ether oxygens (including phenoxy) is 3. The van der Waals surface area contributed by atoms with Crippen molar-refractivity contribution in [1.29, 1.82) is 0 Å². The first-order chi connectivity index (χ1) is 26.7. The summed E-state index contributed by atoms with van der Waals surface area (Å²) in [5, 5.41) is 51.1. The molecule has 0 unspecified atom stereocenters. The summed E-state index contributed by atoms with van der Waals surface area (Å²) in [5.41, 5.74) is 0.907. The smallest absolute Gasteiger partial charge is 0.305 e. The van der Waals surface area contributed by atoms with Crippen LogP contribution in [0.1, 0.15) is 174 Å². The number of hydrogen-bond acceptors (Lipinski definition) is 9. The van der Waals surface area contributed by atoms with Gasteiger partial charge in [0.25, 0.3) is 0 Å². The van der Waals surface area contributed by atoms with E-state index in [0.717, 1.165) is 89.0 Å². The fraction of sp³-hybridized carbons (Fsp3) is 0.761. The number of carbonyl (C=O) groups is 1. The van der Waals surface area contributed by atoms with Gasteiger partial charge in [-0.15, -0.1) is 0 Å². The van der Waals surface area contributed by atoms with E-state index >= 15 is 0 Å². The number of rotatable bonds is 32. The van der Waals surface area contributed by atoms with Crippen LogP contribution >= 0.6 is 0 Å². The van der Waals surface area contributed by atoms with E-state index in [1.54, 1.807) is 12.1 Å². The Hall–Kier alpha value is -2.43. The van der Waals surface area contributed by atoms with Gasteiger partial charge in [0, 0.05) is 12.5 Å². The van der Waals surface area contributed by atoms with Gasteiger partial charge >= 0.3 is 5.97 Å². The molecule has 0 aliphatic carbocycles. The molecule has 1 saturated heterocycles. The summed E-state index contributed by atoms with van der Waals surface area (Å²) in [6, 6.07) is 4.68. The maximum absolute atomic E-state index is 12.5. The van der Waals surface area contributed by atoms with E-state index in [1.807, 2.05) is 6.08 Å². The Morgan fingerprint density at radius 1 is 0.709 bits per heavy atom. The minimum absolute atomic E-state index is 0.0824. The zero-order valence-corrected chi connectivity index (χ0v) is 34.6. The molecule has 0 saturated carbocycles. The number of carbonyl (C=O) groups excluding carboxylic acids is 1. The highest BCUT2D eigenvalue weighted by atomic mass is 16.7. The van der Waals surface area contributed by atoms with E-state index in [0.29, 0.717) is 6.42 Å². The summed E-state index contributed by atoms with van der Waals surface area (Å²) in [4.78, 5) is 12.5. The van der Waals surface area contributed by atoms with Crippen molar-refractivity contribution in [2.24, 2.45) is 5.92 Å². The van der Waals surface area contributed by atoms with Gasteiger partial charge < -0.3 is 39.7 Å². The second-order valence-corrected chi connectivity index (χ2v) is 15.8. The molecule has 316 valence electrons. The van der Waals surface area contributed by atoms with Gasteiger partial charge in [-0.3, -0.25) is 4.79 Å². The van der Waals surface area contributed by atoms with Crippen molar-refractivity contribution in [3.8, 4) is 11.5 Å². The number of phenols is 2. The van der Waals surface area contributed by atoms with E-state index in [9.17, 15) is 30.3 Å². The fourth-order valence-corrected chi connectivity index (χ4v) is 7.16. The first-order valence-corrected chi connectivity index (χ1v) is 22.0. The molecule has 2 rings (SSSR count). The van der Waals surface area contributed by atoms with Crippen LogP contribution < -0.4 is 0 Å². The van der Waals surface area contributed by atoms with Crippen LogP contribution in [0.3, 0.4) is 0 Å². The molecule has 9 nitrogen and oxygen atoms in total. The third kappa shape index (κ3) is 22.2. The van der Waals surface area contributed by atoms with Crippen LogP contribution in [-0.2, 0) is 25.4 Å². The molecular weight excluding hydrogens is 696 g/mol. The topological polar surface area (TPSA) is 146 Å². The van der Waals surface area contributed by atoms with Crippen molar-refractivity contribution in [2.45, 2.75) is 212 Å². The molecule has 1 aromatic carbocycles. The monoisotopic (exact) mass is 775 g/mol. The standard InChI is InChI=1S/C46H78O9/c1-4-6-7-8-9-10-11-12-16-19-22-25-28-31-42(49)53-35-41-43(50)44(51)45(52)46(55-41)54-40(36(3)5-2)30-27-24-21-18-15-13-14-17-20-23-26-29-37-32-38(47)34-39(48)33-37/h14,17,20,23,32-34,36,40-41,43-48,50-52H,4-13,15-16,18-19,21-22,24-31,35H2,1-3H3/b17-14+,23-20+/t36-,40-,41+,43+,44-,45+,46-/m0/s1. The number of aliphatic hydroxyl groups is 3. The predicted molar refractivity (Wildman–Crippen MR) is 221 cm³/mol. The van der Waals surface area contributed by atoms with Crippen molar-refractivity contribution < 1.29 is 44.5 Å². The molecule has 1 aliphatic rings. The average molecular weight is 775 g/mol. The summed E-state index contributed by atoms with van der Waals surface area (Å²) in [7, 11) is 0. The molecule has 55 heavy (non-hydrogen) atoms. The Morgan fingerprint density at radius 2 is 1.25 bits per heavy atom. The van der Waals surface area contributed by atoms with Crippen molar-refractivity contribution in [1.82, 2.24) is 0 Å². The van der Waals surface area contributed by atoms with Crippen LogP contribution in [0.25, 0.3) is 0 Å². The van der Waals surface area contributed by atoms with Gasteiger partial charge in [0.1, 0.15) is 42.5 Å². The van der Waals surface area contributed by atoms with E-state index < -0.39 is 30.7 Å². The highest BCUT2D eigenvalue weighted by Crippen LogP contribution is 2.28. The lowest BCUT2D eigenvalue weighted by atomic mass is 9.95. The largest absolute Gasteiger partial charge is 0.508 e. The van der Waals surface area contributed by atoms with Gasteiger partial charge in [0.05, 0.1) is 6.10 Å². The first-order valence-electron chi connectivity index (χ1n) is 22.0. The van der Waals surface area contributed by atoms with Crippen molar-refractivity contribution in [3.05, 3.63) is 48.1 Å². The lowest BCUT2D eigenvalue weighted by molar-refractivity contribution is -0.315. The Bertz CT molecular complexity index is 1150. The first kappa shape index (κ1) is 48.7. The normalized spacial score (nSPS) is 21.4. The van der Waals surface area contributed by atoms with Crippen LogP contribution in [0, 0.1) is 5.92 Å². The zero-order valence-electron chi connectivity index (χ0n) is 34.6. The molecule has 0 bridgehead atoms. The highest BCUT2D eigenvalue weighted by Gasteiger charge is 2.45. The van der Waals surface area contributed by atoms with Crippen LogP contribution in [0.15, 0.2) is 42.5 Å². The molecule has 1 fully saturated rings. The lowest BCUT2D eigenvalue weighted by Gasteiger charge is -2.42. The van der Waals surface area contributed by atoms with Crippen LogP contribution in [-0.4, -0.2) is 74.9 Å². The van der Waals surface area contributed by atoms with Gasteiger partial charge in [-0.1, -0.05) is 154 Å². The molecule has 5 N–H and O–H groups in total. The molecule has 1 heterocycles. The number of aryl methyl sites for hydroxylation is 1. The molecule has 0 radical (unpaired) electrons. The average Bonchev–Trinajstić information content (AvgIpc) is 3.16. The maximum atomic E-state index is 12.5. The second kappa shape index (κ2) is 30.7. The number of unbranched alkanes of at least 4 members (excludes halogenated alkanes) is 17. The Morgan fingerprint density at radius 3 is 1.85 bits per heavy atom. The SMILES string of the molecule is CCCCCCCCCCCCCCCC(=O)OC[C@H]1O[C@H](O[C@@H](CCCCCCC/C=C/C=C/CCc2cc(O)cc(O)c2)[C@@H](C)CC)[C@H](O)[C@@H](O)[C@@H]1O. The van der Waals surface area contributed by atoms with Crippen LogP contribution in [0.2, 0.25) is 0 Å². The van der Waals surface area contributed by atoms with Crippen molar-refractivity contribution in [3.63, 3.8) is 0 Å². The van der Waals surface area contributed by atoms with Gasteiger partial charge in [-0.2, -0.15) is 0 Å². The molecule has 9 heteroatoms. The zero-order chi connectivity index (χ0) is 40.1. The van der Waals surface area contributed by atoms with Crippen LogP contribution in [0.4, 0.5) is 0 Å². The molecule has 0 aromatic heterocycles. The van der Waals surface area contributed by atoms with Gasteiger partial charge in [0.2, 0.25) is 0 Å². The summed E-state index contributed by atoms with van der Waals surface area (Å²) in [6.07, 6.45) is 27.9. The predicted octanol–water partition coefficient (Wildman–Crippen LogP) is 10.1. The van der Waals surface area contributed by atoms with Gasteiger partial charge in [-0.05, 0) is 62.1 Å². The van der Waals surface area contributed by atoms with E-state index in [1.165, 1.54) is 70.3 Å². The lowest BCUT2D eigenvalue weighted by Crippen LogP contribution is -2.60. The molecular formula is C46H78O9. The summed E-state index contributed by atoms with van der Waals surface area (Å²) in [5.74, 6) is 0.0302. The third-order valence-corrected chi connectivity index (χ3v) is 11.0. The number of aliphatic hydroxyl groups excluding tert-OH is 3. The Balaban J connectivity index is 1.60. The van der Waals surface area contributed by atoms with Crippen molar-refractivity contribution in [2.75, 3.05) is 6.61 Å². The third-order valence-electron chi connectivity index (χ3n) is 11.0. The number of aromatic hydroxyl groups is 2. The maximum Gasteiger partial charge on any atom is 0.305 e. The number of esters is 1. The Kier molecular flexibility index (Phi) is 27.2. The quantitative estimate of drug-likeness (QED) is 0.0274. The number of benzene rings is 1. The summed E-state index contributed by atoms with van der Waals surface area (Å²) < 4.78 is 17.7. The minimum atomic E-state index is -1.47. The number of phenolic OH excluding ortho intramolecular Hbond substituents is 2. The fourth-order valence-electron chi connectivity index (χ4n) is 7.16. The molecule has 1 aliphatic heterocycles. The van der Waals surface area contributed by atoms with E-state index in [2.05, 4.69) is 39.0 Å². The molecule has 7 atom stereocenters. The van der Waals surface area contributed by atoms with Gasteiger partial charge in [0.15, 0.2) is 6.29 Å². The number of hydrogen-bond donors (Lipinski definition) is 5. The number of allylic oxidation sites excluding steroid dienone is 4. The van der Waals surface area contributed by atoms with Crippen LogP contribution in [0.5, 0.6) is 11.5 Å². The molecule has 0 spiro atoms. The molecule has 0 amide bonds. The molecule has 1 aromatic rings. The highest BCUT2D eigenvalue weighted by molar-refractivity contribution is 5.69. The van der Waals surface area contributed by atoms with E-state index in [-0.39, 0.29) is 36.1 Å². The van der Waals surface area contributed by atoms with Gasteiger partial charge in [-0.25, -0.2) is 0 Å². The van der Waals surface area contributed by atoms with Crippen molar-refractivity contribution >= 4 is 5.97 Å².